The fourth-order valence-corrected chi connectivity index (χ4v) is 2.05. The van der Waals surface area contributed by atoms with Gasteiger partial charge in [-0.15, -0.1) is 0 Å². The highest BCUT2D eigenvalue weighted by molar-refractivity contribution is 5.89. The number of carbonyl (C=O) groups excluding carboxylic acids is 1. The summed E-state index contributed by atoms with van der Waals surface area (Å²) in [5.41, 5.74) is 0. The van der Waals surface area contributed by atoms with Crippen LogP contribution in [0.4, 0.5) is 0 Å². The van der Waals surface area contributed by atoms with Crippen molar-refractivity contribution in [2.45, 2.75) is 39.8 Å². The number of rotatable bonds is 5. The highest BCUT2D eigenvalue weighted by atomic mass is 16.5. The summed E-state index contributed by atoms with van der Waals surface area (Å²) >= 11 is 0. The molecule has 0 aliphatic carbocycles. The molecule has 1 amide bonds. The third kappa shape index (κ3) is 3.75. The van der Waals surface area contributed by atoms with Crippen molar-refractivity contribution in [1.29, 1.82) is 0 Å². The first-order chi connectivity index (χ1) is 9.99. The van der Waals surface area contributed by atoms with Crippen LogP contribution < -0.4 is 10.1 Å². The summed E-state index contributed by atoms with van der Waals surface area (Å²) in [7, 11) is 0. The van der Waals surface area contributed by atoms with Crippen LogP contribution in [0.15, 0.2) is 42.5 Å². The number of carbonyl (C=O) groups is 1. The van der Waals surface area contributed by atoms with Crippen molar-refractivity contribution < 1.29 is 9.53 Å². The molecule has 2 aromatic rings. The van der Waals surface area contributed by atoms with E-state index in [2.05, 4.69) is 19.2 Å². The molecule has 21 heavy (non-hydrogen) atoms. The molecule has 0 bridgehead atoms. The minimum Gasteiger partial charge on any atom is -0.480 e. The lowest BCUT2D eigenvalue weighted by Gasteiger charge is -2.21. The van der Waals surface area contributed by atoms with Gasteiger partial charge in [-0.1, -0.05) is 50.2 Å². The van der Waals surface area contributed by atoms with Crippen molar-refractivity contribution in [3.8, 4) is 5.75 Å². The second-order valence-corrected chi connectivity index (χ2v) is 5.78. The lowest BCUT2D eigenvalue weighted by atomic mass is 10.1. The average Bonchev–Trinajstić information content (AvgIpc) is 2.47. The fraction of sp³-hybridized carbons (Fsp3) is 0.389. The van der Waals surface area contributed by atoms with Crippen molar-refractivity contribution in [2.24, 2.45) is 5.92 Å². The van der Waals surface area contributed by atoms with Gasteiger partial charge in [-0.25, -0.2) is 0 Å². The summed E-state index contributed by atoms with van der Waals surface area (Å²) in [4.78, 5) is 12.2. The summed E-state index contributed by atoms with van der Waals surface area (Å²) in [5, 5.41) is 5.12. The van der Waals surface area contributed by atoms with Gasteiger partial charge in [0.25, 0.3) is 5.91 Å². The standard InChI is InChI=1S/C18H23NO2/c1-12(2)13(3)19-18(20)14(4)21-17-11-7-9-15-8-5-6-10-16(15)17/h5-14H,1-4H3,(H,19,20)/t13-,14-/m1/s1. The minimum atomic E-state index is -0.517. The van der Waals surface area contributed by atoms with Gasteiger partial charge in [-0.3, -0.25) is 4.79 Å². The van der Waals surface area contributed by atoms with Crippen LogP contribution >= 0.6 is 0 Å². The van der Waals surface area contributed by atoms with Gasteiger partial charge in [0.2, 0.25) is 0 Å². The molecule has 1 N–H and O–H groups in total. The topological polar surface area (TPSA) is 38.3 Å². The summed E-state index contributed by atoms with van der Waals surface area (Å²) in [6.07, 6.45) is -0.517. The number of ether oxygens (including phenoxy) is 1. The lowest BCUT2D eigenvalue weighted by Crippen LogP contribution is -2.43. The predicted octanol–water partition coefficient (Wildman–Crippen LogP) is 3.77. The molecule has 0 heterocycles. The van der Waals surface area contributed by atoms with Crippen LogP contribution in [-0.4, -0.2) is 18.1 Å². The molecule has 0 aliphatic rings. The van der Waals surface area contributed by atoms with E-state index < -0.39 is 6.10 Å². The molecule has 2 rings (SSSR count). The van der Waals surface area contributed by atoms with Crippen molar-refractivity contribution in [3.05, 3.63) is 42.5 Å². The van der Waals surface area contributed by atoms with E-state index in [0.29, 0.717) is 5.92 Å². The van der Waals surface area contributed by atoms with E-state index in [1.807, 2.05) is 49.4 Å². The summed E-state index contributed by atoms with van der Waals surface area (Å²) in [5.74, 6) is 1.07. The number of amides is 1. The summed E-state index contributed by atoms with van der Waals surface area (Å²) in [6.45, 7) is 7.96. The molecule has 3 nitrogen and oxygen atoms in total. The number of hydrogen-bond donors (Lipinski definition) is 1. The van der Waals surface area contributed by atoms with Gasteiger partial charge in [-0.05, 0) is 31.2 Å². The van der Waals surface area contributed by atoms with E-state index in [9.17, 15) is 4.79 Å². The molecule has 112 valence electrons. The molecule has 0 saturated carbocycles. The molecule has 3 heteroatoms. The summed E-state index contributed by atoms with van der Waals surface area (Å²) in [6, 6.07) is 14.0. The van der Waals surface area contributed by atoms with E-state index in [1.54, 1.807) is 6.92 Å². The third-order valence-electron chi connectivity index (χ3n) is 3.79. The molecular formula is C18H23NO2. The number of fused-ring (bicyclic) bond motifs is 1. The SMILES string of the molecule is CC(C)[C@@H](C)NC(=O)[C@@H](C)Oc1cccc2ccccc12. The van der Waals surface area contributed by atoms with Gasteiger partial charge < -0.3 is 10.1 Å². The van der Waals surface area contributed by atoms with Crippen molar-refractivity contribution in [2.75, 3.05) is 0 Å². The van der Waals surface area contributed by atoms with E-state index in [-0.39, 0.29) is 11.9 Å². The van der Waals surface area contributed by atoms with Crippen molar-refractivity contribution >= 4 is 16.7 Å². The van der Waals surface area contributed by atoms with E-state index in [1.165, 1.54) is 0 Å². The zero-order valence-corrected chi connectivity index (χ0v) is 13.1. The number of hydrogen-bond acceptors (Lipinski definition) is 2. The van der Waals surface area contributed by atoms with Gasteiger partial charge in [0.05, 0.1) is 0 Å². The normalized spacial score (nSPS) is 14.0. The Morgan fingerprint density at radius 3 is 2.38 bits per heavy atom. The van der Waals surface area contributed by atoms with Crippen LogP contribution in [0.1, 0.15) is 27.7 Å². The Kier molecular flexibility index (Phi) is 4.84. The quantitative estimate of drug-likeness (QED) is 0.908. The van der Waals surface area contributed by atoms with Crippen molar-refractivity contribution in [1.82, 2.24) is 5.32 Å². The fourth-order valence-electron chi connectivity index (χ4n) is 2.05. The van der Waals surface area contributed by atoms with Gasteiger partial charge in [0, 0.05) is 11.4 Å². The highest BCUT2D eigenvalue weighted by Gasteiger charge is 2.18. The predicted molar refractivity (Wildman–Crippen MR) is 86.5 cm³/mol. The van der Waals surface area contributed by atoms with Gasteiger partial charge in [0.15, 0.2) is 6.10 Å². The Hall–Kier alpha value is -2.03. The van der Waals surface area contributed by atoms with Crippen molar-refractivity contribution in [3.63, 3.8) is 0 Å². The smallest absolute Gasteiger partial charge is 0.260 e. The number of nitrogens with one attached hydrogen (secondary N) is 1. The van der Waals surface area contributed by atoms with Gasteiger partial charge in [0.1, 0.15) is 5.75 Å². The van der Waals surface area contributed by atoms with Gasteiger partial charge >= 0.3 is 0 Å². The third-order valence-corrected chi connectivity index (χ3v) is 3.79. The average molecular weight is 285 g/mol. The van der Waals surface area contributed by atoms with E-state index in [0.717, 1.165) is 16.5 Å². The molecule has 0 aromatic heterocycles. The van der Waals surface area contributed by atoms with Crippen LogP contribution in [0.3, 0.4) is 0 Å². The lowest BCUT2D eigenvalue weighted by molar-refractivity contribution is -0.128. The first-order valence-electron chi connectivity index (χ1n) is 7.44. The first kappa shape index (κ1) is 15.4. The largest absolute Gasteiger partial charge is 0.480 e. The van der Waals surface area contributed by atoms with Crippen LogP contribution in [0.25, 0.3) is 10.8 Å². The number of benzene rings is 2. The molecular weight excluding hydrogens is 262 g/mol. The Labute approximate surface area is 126 Å². The maximum Gasteiger partial charge on any atom is 0.260 e. The Balaban J connectivity index is 2.11. The zero-order valence-electron chi connectivity index (χ0n) is 13.1. The molecule has 2 aromatic carbocycles. The monoisotopic (exact) mass is 285 g/mol. The van der Waals surface area contributed by atoms with E-state index >= 15 is 0 Å². The zero-order chi connectivity index (χ0) is 15.4. The maximum atomic E-state index is 12.2. The molecule has 0 unspecified atom stereocenters. The molecule has 0 radical (unpaired) electrons. The highest BCUT2D eigenvalue weighted by Crippen LogP contribution is 2.26. The Bertz CT molecular complexity index is 616. The first-order valence-corrected chi connectivity index (χ1v) is 7.44. The summed E-state index contributed by atoms with van der Waals surface area (Å²) < 4.78 is 5.86. The Morgan fingerprint density at radius 2 is 1.67 bits per heavy atom. The molecule has 0 fully saturated rings. The van der Waals surface area contributed by atoms with Gasteiger partial charge in [-0.2, -0.15) is 0 Å². The van der Waals surface area contributed by atoms with E-state index in [4.69, 9.17) is 4.74 Å². The molecule has 0 aliphatic heterocycles. The molecule has 0 saturated heterocycles. The molecule has 0 spiro atoms. The maximum absolute atomic E-state index is 12.2. The Morgan fingerprint density at radius 1 is 1.00 bits per heavy atom. The second kappa shape index (κ2) is 6.61. The molecule has 2 atom stereocenters. The van der Waals surface area contributed by atoms with Crippen LogP contribution in [0, 0.1) is 5.92 Å². The minimum absolute atomic E-state index is 0.0795. The van der Waals surface area contributed by atoms with Crippen LogP contribution in [0.5, 0.6) is 5.75 Å². The second-order valence-electron chi connectivity index (χ2n) is 5.78. The van der Waals surface area contributed by atoms with Crippen LogP contribution in [0.2, 0.25) is 0 Å². The van der Waals surface area contributed by atoms with Crippen LogP contribution in [-0.2, 0) is 4.79 Å².